The predicted octanol–water partition coefficient (Wildman–Crippen LogP) is 2.06. The quantitative estimate of drug-likeness (QED) is 0.929. The molecule has 3 rings (SSSR count). The highest BCUT2D eigenvalue weighted by Crippen LogP contribution is 2.14. The second-order valence-electron chi connectivity index (χ2n) is 6.03. The molecular formula is C19H19FN2O3. The van der Waals surface area contributed by atoms with Gasteiger partial charge in [-0.3, -0.25) is 9.59 Å². The molecule has 25 heavy (non-hydrogen) atoms. The molecule has 0 aliphatic carbocycles. The summed E-state index contributed by atoms with van der Waals surface area (Å²) in [5, 5.41) is 9.46. The molecule has 0 aromatic heterocycles. The van der Waals surface area contributed by atoms with E-state index in [1.807, 2.05) is 0 Å². The molecule has 2 amide bonds. The number of aromatic hydroxyl groups is 1. The summed E-state index contributed by atoms with van der Waals surface area (Å²) in [6, 6.07) is 12.1. The standard InChI is InChI=1S/C19H19FN2O3/c20-16-6-4-15(5-7-16)19(25)22-10-8-21(9-11-22)18(24)13-14-2-1-3-17(23)12-14/h1-7,12,23H,8-11,13H2. The van der Waals surface area contributed by atoms with E-state index < -0.39 is 0 Å². The van der Waals surface area contributed by atoms with Crippen LogP contribution in [0.25, 0.3) is 0 Å². The van der Waals surface area contributed by atoms with Gasteiger partial charge in [0.1, 0.15) is 11.6 Å². The number of phenols is 1. The zero-order valence-corrected chi connectivity index (χ0v) is 13.7. The number of halogens is 1. The van der Waals surface area contributed by atoms with Gasteiger partial charge in [-0.05, 0) is 42.0 Å². The van der Waals surface area contributed by atoms with Crippen molar-refractivity contribution in [3.05, 3.63) is 65.5 Å². The van der Waals surface area contributed by atoms with Gasteiger partial charge in [-0.1, -0.05) is 12.1 Å². The number of carbonyl (C=O) groups is 2. The molecule has 0 bridgehead atoms. The molecule has 2 aromatic carbocycles. The van der Waals surface area contributed by atoms with Crippen molar-refractivity contribution in [2.24, 2.45) is 0 Å². The second-order valence-corrected chi connectivity index (χ2v) is 6.03. The molecule has 130 valence electrons. The summed E-state index contributed by atoms with van der Waals surface area (Å²) in [5.41, 5.74) is 1.20. The highest BCUT2D eigenvalue weighted by molar-refractivity contribution is 5.94. The highest BCUT2D eigenvalue weighted by Gasteiger charge is 2.24. The van der Waals surface area contributed by atoms with Crippen molar-refractivity contribution in [2.75, 3.05) is 26.2 Å². The average molecular weight is 342 g/mol. The lowest BCUT2D eigenvalue weighted by Gasteiger charge is -2.35. The van der Waals surface area contributed by atoms with E-state index in [1.54, 1.807) is 34.1 Å². The van der Waals surface area contributed by atoms with Gasteiger partial charge in [-0.2, -0.15) is 0 Å². The molecule has 1 saturated heterocycles. The summed E-state index contributed by atoms with van der Waals surface area (Å²) in [5.74, 6) is -0.418. The van der Waals surface area contributed by atoms with Gasteiger partial charge < -0.3 is 14.9 Å². The maximum Gasteiger partial charge on any atom is 0.253 e. The first-order chi connectivity index (χ1) is 12.0. The molecule has 0 saturated carbocycles. The highest BCUT2D eigenvalue weighted by atomic mass is 19.1. The largest absolute Gasteiger partial charge is 0.508 e. The van der Waals surface area contributed by atoms with Crippen molar-refractivity contribution in [1.29, 1.82) is 0 Å². The van der Waals surface area contributed by atoms with Crippen molar-refractivity contribution in [3.8, 4) is 5.75 Å². The van der Waals surface area contributed by atoms with Crippen LogP contribution in [-0.4, -0.2) is 52.9 Å². The van der Waals surface area contributed by atoms with Crippen LogP contribution in [0.2, 0.25) is 0 Å². The van der Waals surface area contributed by atoms with Crippen molar-refractivity contribution < 1.29 is 19.1 Å². The number of nitrogens with zero attached hydrogens (tertiary/aromatic N) is 2. The van der Waals surface area contributed by atoms with Gasteiger partial charge in [0.25, 0.3) is 5.91 Å². The molecule has 1 fully saturated rings. The topological polar surface area (TPSA) is 60.9 Å². The Labute approximate surface area is 145 Å². The van der Waals surface area contributed by atoms with E-state index in [9.17, 15) is 19.1 Å². The Balaban J connectivity index is 1.55. The van der Waals surface area contributed by atoms with Gasteiger partial charge in [0.15, 0.2) is 0 Å². The van der Waals surface area contributed by atoms with Crippen LogP contribution in [0, 0.1) is 5.82 Å². The third kappa shape index (κ3) is 4.15. The maximum absolute atomic E-state index is 13.0. The number of hydrogen-bond acceptors (Lipinski definition) is 3. The summed E-state index contributed by atoms with van der Waals surface area (Å²) in [6.07, 6.45) is 0.223. The van der Waals surface area contributed by atoms with Crippen molar-refractivity contribution >= 4 is 11.8 Å². The summed E-state index contributed by atoms with van der Waals surface area (Å²) in [6.45, 7) is 1.82. The van der Waals surface area contributed by atoms with Crippen LogP contribution in [0.5, 0.6) is 5.75 Å². The van der Waals surface area contributed by atoms with Crippen LogP contribution in [-0.2, 0) is 11.2 Å². The number of benzene rings is 2. The molecule has 1 aliphatic heterocycles. The molecule has 0 spiro atoms. The van der Waals surface area contributed by atoms with Crippen molar-refractivity contribution in [1.82, 2.24) is 9.80 Å². The van der Waals surface area contributed by atoms with E-state index in [1.165, 1.54) is 24.3 Å². The number of hydrogen-bond donors (Lipinski definition) is 1. The van der Waals surface area contributed by atoms with Gasteiger partial charge in [-0.25, -0.2) is 4.39 Å². The van der Waals surface area contributed by atoms with Gasteiger partial charge in [0.2, 0.25) is 5.91 Å². The fraction of sp³-hybridized carbons (Fsp3) is 0.263. The number of amides is 2. The lowest BCUT2D eigenvalue weighted by molar-refractivity contribution is -0.131. The van der Waals surface area contributed by atoms with Gasteiger partial charge in [0.05, 0.1) is 6.42 Å². The Morgan fingerprint density at radius 2 is 1.60 bits per heavy atom. The third-order valence-electron chi connectivity index (χ3n) is 4.28. The van der Waals surface area contributed by atoms with Crippen LogP contribution >= 0.6 is 0 Å². The van der Waals surface area contributed by atoms with Crippen LogP contribution in [0.3, 0.4) is 0 Å². The summed E-state index contributed by atoms with van der Waals surface area (Å²) >= 11 is 0. The minimum atomic E-state index is -0.376. The fourth-order valence-electron chi connectivity index (χ4n) is 2.89. The summed E-state index contributed by atoms with van der Waals surface area (Å²) < 4.78 is 13.0. The van der Waals surface area contributed by atoms with Crippen molar-refractivity contribution in [2.45, 2.75) is 6.42 Å². The van der Waals surface area contributed by atoms with Gasteiger partial charge in [-0.15, -0.1) is 0 Å². The SMILES string of the molecule is O=C(Cc1cccc(O)c1)N1CCN(C(=O)c2ccc(F)cc2)CC1. The number of rotatable bonds is 3. The lowest BCUT2D eigenvalue weighted by atomic mass is 10.1. The Kier molecular flexibility index (Phi) is 4.97. The molecule has 1 N–H and O–H groups in total. The van der Waals surface area contributed by atoms with E-state index in [2.05, 4.69) is 0 Å². The first-order valence-corrected chi connectivity index (χ1v) is 8.13. The smallest absolute Gasteiger partial charge is 0.253 e. The summed E-state index contributed by atoms with van der Waals surface area (Å²) in [4.78, 5) is 28.1. The molecule has 0 unspecified atom stereocenters. The lowest BCUT2D eigenvalue weighted by Crippen LogP contribution is -2.51. The normalized spacial score (nSPS) is 14.4. The summed E-state index contributed by atoms with van der Waals surface area (Å²) in [7, 11) is 0. The maximum atomic E-state index is 13.0. The molecule has 1 heterocycles. The first kappa shape index (κ1) is 17.0. The Hall–Kier alpha value is -2.89. The minimum Gasteiger partial charge on any atom is -0.508 e. The van der Waals surface area contributed by atoms with Crippen LogP contribution < -0.4 is 0 Å². The van der Waals surface area contributed by atoms with E-state index in [4.69, 9.17) is 0 Å². The average Bonchev–Trinajstić information content (AvgIpc) is 2.62. The molecule has 0 radical (unpaired) electrons. The molecule has 6 heteroatoms. The molecule has 0 atom stereocenters. The van der Waals surface area contributed by atoms with E-state index in [-0.39, 0.29) is 29.8 Å². The first-order valence-electron chi connectivity index (χ1n) is 8.13. The Morgan fingerprint density at radius 1 is 0.960 bits per heavy atom. The van der Waals surface area contributed by atoms with E-state index in [0.717, 1.165) is 5.56 Å². The second kappa shape index (κ2) is 7.34. The zero-order valence-electron chi connectivity index (χ0n) is 13.7. The molecule has 2 aromatic rings. The predicted molar refractivity (Wildman–Crippen MR) is 90.7 cm³/mol. The van der Waals surface area contributed by atoms with Gasteiger partial charge in [0, 0.05) is 31.7 Å². The Morgan fingerprint density at radius 3 is 2.24 bits per heavy atom. The third-order valence-corrected chi connectivity index (χ3v) is 4.28. The fourth-order valence-corrected chi connectivity index (χ4v) is 2.89. The van der Waals surface area contributed by atoms with E-state index in [0.29, 0.717) is 31.7 Å². The van der Waals surface area contributed by atoms with Crippen LogP contribution in [0.15, 0.2) is 48.5 Å². The Bertz CT molecular complexity index is 768. The minimum absolute atomic E-state index is 0.0283. The van der Waals surface area contributed by atoms with Crippen LogP contribution in [0.4, 0.5) is 4.39 Å². The molecule has 1 aliphatic rings. The van der Waals surface area contributed by atoms with Gasteiger partial charge >= 0.3 is 0 Å². The molecule has 5 nitrogen and oxygen atoms in total. The number of piperazine rings is 1. The van der Waals surface area contributed by atoms with E-state index >= 15 is 0 Å². The number of carbonyl (C=O) groups excluding carboxylic acids is 2. The van der Waals surface area contributed by atoms with Crippen molar-refractivity contribution in [3.63, 3.8) is 0 Å². The molecular weight excluding hydrogens is 323 g/mol. The van der Waals surface area contributed by atoms with Crippen LogP contribution in [0.1, 0.15) is 15.9 Å². The number of phenolic OH excluding ortho intramolecular Hbond substituents is 1. The zero-order chi connectivity index (χ0) is 17.8. The monoisotopic (exact) mass is 342 g/mol.